The van der Waals surface area contributed by atoms with Crippen LogP contribution >= 0.6 is 15.9 Å². The molecule has 0 spiro atoms. The third kappa shape index (κ3) is 7.37. The van der Waals surface area contributed by atoms with E-state index in [-0.39, 0.29) is 40.8 Å². The van der Waals surface area contributed by atoms with Gasteiger partial charge in [0.25, 0.3) is 5.91 Å². The van der Waals surface area contributed by atoms with Crippen LogP contribution in [0.2, 0.25) is 0 Å². The molecule has 0 unspecified atom stereocenters. The van der Waals surface area contributed by atoms with E-state index in [4.69, 9.17) is 4.84 Å². The Bertz CT molecular complexity index is 3110. The third-order valence-electron chi connectivity index (χ3n) is 10.2. The SMILES string of the molecule is Cc1cccc(NOCc2cc3ccccc3c(N=Nc3ccc4c(c3)C(=O)c3cc(N=Nc5c(O)c(C(=O)Nc6ccccc6Br)cc6ccccc56)ccc3-4)c2O)c1. The molecule has 9 rings (SSSR count). The van der Waals surface area contributed by atoms with E-state index in [2.05, 4.69) is 47.2 Å². The molecule has 0 saturated carbocycles. The maximum absolute atomic E-state index is 13.9. The fourth-order valence-corrected chi connectivity index (χ4v) is 7.61. The van der Waals surface area contributed by atoms with E-state index in [0.717, 1.165) is 27.8 Å². The lowest BCUT2D eigenvalue weighted by molar-refractivity contribution is 0.102. The summed E-state index contributed by atoms with van der Waals surface area (Å²) in [6, 6.07) is 43.7. The van der Waals surface area contributed by atoms with Crippen molar-refractivity contribution < 1.29 is 24.6 Å². The summed E-state index contributed by atoms with van der Waals surface area (Å²) in [6.07, 6.45) is 0. The fraction of sp³-hybridized carbons (Fsp3) is 0.0417. The molecule has 11 nitrogen and oxygen atoms in total. The molecule has 0 aromatic heterocycles. The first kappa shape index (κ1) is 38.0. The summed E-state index contributed by atoms with van der Waals surface area (Å²) in [6.45, 7) is 2.06. The van der Waals surface area contributed by atoms with Crippen LogP contribution in [-0.4, -0.2) is 21.9 Å². The first-order chi connectivity index (χ1) is 29.2. The van der Waals surface area contributed by atoms with Gasteiger partial charge >= 0.3 is 0 Å². The van der Waals surface area contributed by atoms with E-state index in [9.17, 15) is 19.8 Å². The van der Waals surface area contributed by atoms with E-state index in [0.29, 0.717) is 54.4 Å². The van der Waals surface area contributed by atoms with Gasteiger partial charge < -0.3 is 15.5 Å². The second-order valence-electron chi connectivity index (χ2n) is 14.2. The third-order valence-corrected chi connectivity index (χ3v) is 10.9. The summed E-state index contributed by atoms with van der Waals surface area (Å²) in [5, 5.41) is 46.2. The number of rotatable bonds is 10. The number of halogens is 1. The number of fused-ring (bicyclic) bond motifs is 5. The summed E-state index contributed by atoms with van der Waals surface area (Å²) in [4.78, 5) is 33.0. The van der Waals surface area contributed by atoms with Crippen LogP contribution in [-0.2, 0) is 11.4 Å². The number of carbonyl (C=O) groups is 2. The highest BCUT2D eigenvalue weighted by Gasteiger charge is 2.28. The van der Waals surface area contributed by atoms with Crippen LogP contribution in [0.1, 0.15) is 37.4 Å². The molecule has 0 fully saturated rings. The number of nitrogens with zero attached hydrogens (tertiary/aromatic N) is 4. The van der Waals surface area contributed by atoms with Gasteiger partial charge in [0.05, 0.1) is 28.3 Å². The molecule has 4 N–H and O–H groups in total. The Morgan fingerprint density at radius 3 is 1.88 bits per heavy atom. The number of ketones is 1. The quantitative estimate of drug-likeness (QED) is 0.0792. The summed E-state index contributed by atoms with van der Waals surface area (Å²) in [5.41, 5.74) is 9.44. The number of carbonyl (C=O) groups excluding carboxylic acids is 2. The minimum atomic E-state index is -0.517. The second kappa shape index (κ2) is 16.0. The molecular weight excluding hydrogens is 820 g/mol. The number of para-hydroxylation sites is 1. The first-order valence-electron chi connectivity index (χ1n) is 18.9. The zero-order chi connectivity index (χ0) is 41.3. The number of hydrogen-bond acceptors (Lipinski definition) is 10. The molecule has 1 aliphatic carbocycles. The van der Waals surface area contributed by atoms with E-state index in [1.54, 1.807) is 60.7 Å². The average molecular weight is 854 g/mol. The lowest BCUT2D eigenvalue weighted by Gasteiger charge is -2.12. The van der Waals surface area contributed by atoms with Crippen molar-refractivity contribution >= 4 is 83.3 Å². The Labute approximate surface area is 351 Å². The van der Waals surface area contributed by atoms with Crippen LogP contribution in [0.5, 0.6) is 11.5 Å². The van der Waals surface area contributed by atoms with Gasteiger partial charge in [-0.3, -0.25) is 19.9 Å². The number of azo groups is 2. The predicted octanol–water partition coefficient (Wildman–Crippen LogP) is 13.3. The van der Waals surface area contributed by atoms with Gasteiger partial charge in [0.2, 0.25) is 0 Å². The number of nitrogens with one attached hydrogen (secondary N) is 2. The molecule has 8 aromatic rings. The monoisotopic (exact) mass is 852 g/mol. The Hall–Kier alpha value is -7.54. The number of phenols is 2. The molecule has 292 valence electrons. The molecule has 8 aromatic carbocycles. The summed E-state index contributed by atoms with van der Waals surface area (Å²) >= 11 is 3.44. The molecule has 1 amide bonds. The Morgan fingerprint density at radius 1 is 0.633 bits per heavy atom. The summed E-state index contributed by atoms with van der Waals surface area (Å²) in [7, 11) is 0. The number of aromatic hydroxyl groups is 2. The molecule has 60 heavy (non-hydrogen) atoms. The number of aryl methyl sites for hydroxylation is 1. The number of hydrogen-bond donors (Lipinski definition) is 4. The first-order valence-corrected chi connectivity index (χ1v) is 19.7. The van der Waals surface area contributed by atoms with E-state index in [1.165, 1.54) is 0 Å². The van der Waals surface area contributed by atoms with Crippen molar-refractivity contribution in [1.82, 2.24) is 0 Å². The Morgan fingerprint density at radius 2 is 1.23 bits per heavy atom. The van der Waals surface area contributed by atoms with Crippen molar-refractivity contribution in [3.05, 3.63) is 178 Å². The number of benzene rings is 8. The van der Waals surface area contributed by atoms with Gasteiger partial charge in [-0.15, -0.1) is 10.2 Å². The molecule has 12 heteroatoms. The van der Waals surface area contributed by atoms with E-state index < -0.39 is 5.91 Å². The predicted molar refractivity (Wildman–Crippen MR) is 237 cm³/mol. The number of amides is 1. The smallest absolute Gasteiger partial charge is 0.259 e. The minimum Gasteiger partial charge on any atom is -0.505 e. The number of phenolic OH excluding ortho intramolecular Hbond substituents is 2. The van der Waals surface area contributed by atoms with Gasteiger partial charge in [0, 0.05) is 31.9 Å². The van der Waals surface area contributed by atoms with Crippen LogP contribution in [0.3, 0.4) is 0 Å². The van der Waals surface area contributed by atoms with Gasteiger partial charge in [0.15, 0.2) is 11.5 Å². The van der Waals surface area contributed by atoms with Gasteiger partial charge in [-0.25, -0.2) is 0 Å². The topological polar surface area (TPSA) is 157 Å². The highest BCUT2D eigenvalue weighted by molar-refractivity contribution is 9.10. The van der Waals surface area contributed by atoms with Crippen molar-refractivity contribution in [1.29, 1.82) is 0 Å². The highest BCUT2D eigenvalue weighted by atomic mass is 79.9. The van der Waals surface area contributed by atoms with Crippen molar-refractivity contribution in [3.8, 4) is 22.6 Å². The van der Waals surface area contributed by atoms with E-state index in [1.807, 2.05) is 91.9 Å². The van der Waals surface area contributed by atoms with Gasteiger partial charge in [-0.05, 0) is 111 Å². The largest absolute Gasteiger partial charge is 0.505 e. The molecule has 0 heterocycles. The second-order valence-corrected chi connectivity index (χ2v) is 15.0. The van der Waals surface area contributed by atoms with Crippen molar-refractivity contribution in [2.75, 3.05) is 10.8 Å². The molecule has 0 saturated heterocycles. The van der Waals surface area contributed by atoms with Crippen molar-refractivity contribution in [2.24, 2.45) is 20.5 Å². The van der Waals surface area contributed by atoms with Gasteiger partial charge in [-0.2, -0.15) is 10.2 Å². The lowest BCUT2D eigenvalue weighted by atomic mass is 10.0. The van der Waals surface area contributed by atoms with Crippen LogP contribution < -0.4 is 10.8 Å². The van der Waals surface area contributed by atoms with Crippen LogP contribution in [0, 0.1) is 6.92 Å². The maximum Gasteiger partial charge on any atom is 0.259 e. The molecule has 0 aliphatic heterocycles. The Kier molecular flexibility index (Phi) is 10.1. The van der Waals surface area contributed by atoms with E-state index >= 15 is 0 Å². The fourth-order valence-electron chi connectivity index (χ4n) is 7.23. The van der Waals surface area contributed by atoms with Gasteiger partial charge in [0.1, 0.15) is 23.7 Å². The number of anilines is 2. The van der Waals surface area contributed by atoms with Gasteiger partial charge in [-0.1, -0.05) is 84.9 Å². The highest BCUT2D eigenvalue weighted by Crippen LogP contribution is 2.44. The molecule has 0 radical (unpaired) electrons. The average Bonchev–Trinajstić information content (AvgIpc) is 3.53. The summed E-state index contributed by atoms with van der Waals surface area (Å²) in [5.74, 6) is -1.13. The molecular formula is C48H33BrN6O5. The Balaban J connectivity index is 0.969. The maximum atomic E-state index is 13.9. The van der Waals surface area contributed by atoms with Crippen molar-refractivity contribution in [2.45, 2.75) is 13.5 Å². The summed E-state index contributed by atoms with van der Waals surface area (Å²) < 4.78 is 0.692. The van der Waals surface area contributed by atoms with Crippen LogP contribution in [0.4, 0.5) is 34.1 Å². The lowest BCUT2D eigenvalue weighted by Crippen LogP contribution is -2.12. The van der Waals surface area contributed by atoms with Crippen LogP contribution in [0.25, 0.3) is 32.7 Å². The molecule has 0 atom stereocenters. The standard InChI is InChI=1S/C48H33BrN6O5/c1-27-9-8-12-33(21-27)55-60-26-30-22-28-10-2-4-13-34(28)43(45(30)56)53-51-31-17-19-36-37-20-18-32(25-39(37)46(57)38(36)24-31)52-54-44-35-14-5-3-11-29(35)23-40(47(44)58)48(59)50-42-16-7-6-15-41(42)49/h2-25,55-56,58H,26H2,1H3,(H,50,59). The van der Waals surface area contributed by atoms with Crippen LogP contribution in [0.15, 0.2) is 171 Å². The molecule has 1 aliphatic rings. The normalized spacial score (nSPS) is 12.1. The minimum absolute atomic E-state index is 0.0299. The zero-order valence-corrected chi connectivity index (χ0v) is 33.4. The van der Waals surface area contributed by atoms with Crippen molar-refractivity contribution in [3.63, 3.8) is 0 Å². The molecule has 0 bridgehead atoms. The zero-order valence-electron chi connectivity index (χ0n) is 31.8.